The molecule has 1 N–H and O–H groups in total. The largest absolute Gasteiger partial charge is 0.307 e. The van der Waals surface area contributed by atoms with Crippen molar-refractivity contribution in [1.82, 2.24) is 5.32 Å². The van der Waals surface area contributed by atoms with E-state index in [2.05, 4.69) is 36.7 Å². The first-order chi connectivity index (χ1) is 8.65. The highest BCUT2D eigenvalue weighted by Crippen LogP contribution is 2.19. The fraction of sp³-hybridized carbons (Fsp3) is 0.333. The molecule has 1 aromatic carbocycles. The minimum atomic E-state index is -0.161. The van der Waals surface area contributed by atoms with Crippen LogP contribution < -0.4 is 5.32 Å². The Labute approximate surface area is 112 Å². The van der Waals surface area contributed by atoms with Gasteiger partial charge >= 0.3 is 0 Å². The topological polar surface area (TPSA) is 12.0 Å². The molecule has 0 aliphatic carbocycles. The number of rotatable bonds is 5. The molecule has 0 amide bonds. The Hall–Kier alpha value is -1.19. The van der Waals surface area contributed by atoms with Gasteiger partial charge in [-0.15, -0.1) is 11.3 Å². The first kappa shape index (κ1) is 13.2. The molecule has 0 aliphatic rings. The van der Waals surface area contributed by atoms with Crippen LogP contribution in [0.3, 0.4) is 0 Å². The molecule has 0 fully saturated rings. The molecule has 0 spiro atoms. The zero-order valence-corrected chi connectivity index (χ0v) is 11.5. The Morgan fingerprint density at radius 1 is 1.22 bits per heavy atom. The van der Waals surface area contributed by atoms with Crippen LogP contribution in [0.25, 0.3) is 0 Å². The van der Waals surface area contributed by atoms with Crippen LogP contribution in [-0.4, -0.2) is 6.04 Å². The van der Waals surface area contributed by atoms with E-state index < -0.39 is 0 Å². The zero-order valence-electron chi connectivity index (χ0n) is 10.7. The molecule has 1 unspecified atom stereocenters. The van der Waals surface area contributed by atoms with Crippen molar-refractivity contribution >= 4 is 11.3 Å². The number of halogens is 1. The van der Waals surface area contributed by atoms with Crippen molar-refractivity contribution < 1.29 is 4.39 Å². The molecule has 3 heteroatoms. The van der Waals surface area contributed by atoms with Gasteiger partial charge < -0.3 is 5.32 Å². The molecule has 0 radical (unpaired) electrons. The summed E-state index contributed by atoms with van der Waals surface area (Å²) >= 11 is 1.76. The summed E-state index contributed by atoms with van der Waals surface area (Å²) in [4.78, 5) is 1.33. The van der Waals surface area contributed by atoms with Crippen LogP contribution in [0.2, 0.25) is 0 Å². The molecule has 0 aliphatic heterocycles. The molecule has 96 valence electrons. The van der Waals surface area contributed by atoms with Crippen LogP contribution >= 0.6 is 11.3 Å². The second-order valence-corrected chi connectivity index (χ2v) is 5.62. The van der Waals surface area contributed by atoms with Crippen molar-refractivity contribution in [3.63, 3.8) is 0 Å². The smallest absolute Gasteiger partial charge is 0.123 e. The van der Waals surface area contributed by atoms with Gasteiger partial charge in [-0.2, -0.15) is 0 Å². The third-order valence-electron chi connectivity index (χ3n) is 2.94. The maximum absolute atomic E-state index is 13.1. The molecule has 2 aromatic rings. The summed E-state index contributed by atoms with van der Waals surface area (Å²) in [5.74, 6) is -0.161. The van der Waals surface area contributed by atoms with E-state index in [1.807, 2.05) is 6.07 Å². The van der Waals surface area contributed by atoms with Crippen molar-refractivity contribution in [2.45, 2.75) is 32.4 Å². The predicted octanol–water partition coefficient (Wildman–Crippen LogP) is 4.17. The van der Waals surface area contributed by atoms with Crippen molar-refractivity contribution in [3.05, 3.63) is 58.0 Å². The molecule has 0 saturated heterocycles. The van der Waals surface area contributed by atoms with Crippen molar-refractivity contribution in [2.75, 3.05) is 0 Å². The fourth-order valence-electron chi connectivity index (χ4n) is 2.12. The van der Waals surface area contributed by atoms with Gasteiger partial charge in [-0.25, -0.2) is 4.39 Å². The van der Waals surface area contributed by atoms with Gasteiger partial charge in [0.05, 0.1) is 0 Å². The molecule has 18 heavy (non-hydrogen) atoms. The summed E-state index contributed by atoms with van der Waals surface area (Å²) in [6.45, 7) is 4.29. The van der Waals surface area contributed by atoms with Crippen LogP contribution in [0.4, 0.5) is 4.39 Å². The van der Waals surface area contributed by atoms with Gasteiger partial charge in [0, 0.05) is 17.0 Å². The molecular formula is C15H18FNS. The Morgan fingerprint density at radius 2 is 2.06 bits per heavy atom. The summed E-state index contributed by atoms with van der Waals surface area (Å²) in [5.41, 5.74) is 1.04. The Morgan fingerprint density at radius 3 is 2.72 bits per heavy atom. The van der Waals surface area contributed by atoms with E-state index in [0.717, 1.165) is 12.0 Å². The third-order valence-corrected chi connectivity index (χ3v) is 3.99. The number of hydrogen-bond donors (Lipinski definition) is 1. The lowest BCUT2D eigenvalue weighted by atomic mass is 10.1. The number of thiophene rings is 1. The Kier molecular flexibility index (Phi) is 4.50. The van der Waals surface area contributed by atoms with Gasteiger partial charge in [-0.1, -0.05) is 18.2 Å². The van der Waals surface area contributed by atoms with Crippen molar-refractivity contribution in [2.24, 2.45) is 0 Å². The summed E-state index contributed by atoms with van der Waals surface area (Å²) in [6, 6.07) is 11.7. The zero-order chi connectivity index (χ0) is 13.0. The van der Waals surface area contributed by atoms with Crippen molar-refractivity contribution in [3.8, 4) is 0 Å². The summed E-state index contributed by atoms with van der Waals surface area (Å²) in [6.07, 6.45) is 0.841. The van der Waals surface area contributed by atoms with Crippen LogP contribution in [0.15, 0.2) is 41.8 Å². The third kappa shape index (κ3) is 3.65. The quantitative estimate of drug-likeness (QED) is 0.853. The minimum Gasteiger partial charge on any atom is -0.307 e. The summed E-state index contributed by atoms with van der Waals surface area (Å²) < 4.78 is 13.1. The molecular weight excluding hydrogens is 245 g/mol. The Bertz CT molecular complexity index is 481. The summed E-state index contributed by atoms with van der Waals surface area (Å²) in [7, 11) is 0. The average molecular weight is 263 g/mol. The van der Waals surface area contributed by atoms with Gasteiger partial charge in [0.25, 0.3) is 0 Å². The lowest BCUT2D eigenvalue weighted by molar-refractivity contribution is 0.481. The lowest BCUT2D eigenvalue weighted by Crippen LogP contribution is -2.30. The second kappa shape index (κ2) is 6.12. The number of hydrogen-bond acceptors (Lipinski definition) is 2. The normalized spacial score (nSPS) is 14.4. The van der Waals surface area contributed by atoms with Gasteiger partial charge in [-0.3, -0.25) is 0 Å². The van der Waals surface area contributed by atoms with Gasteiger partial charge in [0.1, 0.15) is 5.82 Å². The second-order valence-electron chi connectivity index (χ2n) is 4.64. The van der Waals surface area contributed by atoms with E-state index in [0.29, 0.717) is 12.1 Å². The van der Waals surface area contributed by atoms with Crippen LogP contribution in [0.5, 0.6) is 0 Å². The van der Waals surface area contributed by atoms with Gasteiger partial charge in [-0.05, 0) is 49.4 Å². The molecule has 0 bridgehead atoms. The standard InChI is InChI=1S/C15H18FNS/c1-11(9-13-5-3-6-14(16)10-13)17-12(2)15-7-4-8-18-15/h3-8,10-12,17H,9H2,1-2H3/t11?,12-/m0/s1. The lowest BCUT2D eigenvalue weighted by Gasteiger charge is -2.19. The molecule has 1 heterocycles. The molecule has 1 aromatic heterocycles. The van der Waals surface area contributed by atoms with E-state index in [4.69, 9.17) is 0 Å². The monoisotopic (exact) mass is 263 g/mol. The average Bonchev–Trinajstić information content (AvgIpc) is 2.81. The number of nitrogens with one attached hydrogen (secondary N) is 1. The van der Waals surface area contributed by atoms with Crippen LogP contribution in [-0.2, 0) is 6.42 Å². The first-order valence-electron chi connectivity index (χ1n) is 6.19. The van der Waals surface area contributed by atoms with Gasteiger partial charge in [0.2, 0.25) is 0 Å². The highest BCUT2D eigenvalue weighted by atomic mass is 32.1. The van der Waals surface area contributed by atoms with E-state index >= 15 is 0 Å². The Balaban J connectivity index is 1.91. The van der Waals surface area contributed by atoms with Crippen molar-refractivity contribution in [1.29, 1.82) is 0 Å². The SMILES string of the molecule is CC(Cc1cccc(F)c1)N[C@@H](C)c1cccs1. The van der Waals surface area contributed by atoms with Gasteiger partial charge in [0.15, 0.2) is 0 Å². The highest BCUT2D eigenvalue weighted by molar-refractivity contribution is 7.10. The van der Waals surface area contributed by atoms with Crippen LogP contribution in [0, 0.1) is 5.82 Å². The van der Waals surface area contributed by atoms with E-state index in [-0.39, 0.29) is 5.82 Å². The van der Waals surface area contributed by atoms with E-state index in [9.17, 15) is 4.39 Å². The maximum atomic E-state index is 13.1. The molecule has 2 rings (SSSR count). The van der Waals surface area contributed by atoms with E-state index in [1.165, 1.54) is 10.9 Å². The predicted molar refractivity (Wildman–Crippen MR) is 75.4 cm³/mol. The van der Waals surface area contributed by atoms with Crippen LogP contribution in [0.1, 0.15) is 30.3 Å². The highest BCUT2D eigenvalue weighted by Gasteiger charge is 2.10. The summed E-state index contributed by atoms with van der Waals surface area (Å²) in [5, 5.41) is 5.63. The molecule has 2 atom stereocenters. The fourth-order valence-corrected chi connectivity index (χ4v) is 2.87. The minimum absolute atomic E-state index is 0.161. The first-order valence-corrected chi connectivity index (χ1v) is 7.07. The molecule has 0 saturated carbocycles. The van der Waals surface area contributed by atoms with E-state index in [1.54, 1.807) is 23.5 Å². The molecule has 1 nitrogen and oxygen atoms in total. The maximum Gasteiger partial charge on any atom is 0.123 e. The number of benzene rings is 1.